The zero-order valence-corrected chi connectivity index (χ0v) is 33.1. The molecule has 0 fully saturated rings. The summed E-state index contributed by atoms with van der Waals surface area (Å²) in [6, 6.07) is 91.1. The van der Waals surface area contributed by atoms with Crippen LogP contribution in [0.3, 0.4) is 0 Å². The summed E-state index contributed by atoms with van der Waals surface area (Å²) in [6.07, 6.45) is 0. The second-order valence-corrected chi connectivity index (χ2v) is 15.6. The number of rotatable bonds is 8. The fourth-order valence-corrected chi connectivity index (χ4v) is 9.73. The molecule has 0 saturated heterocycles. The third-order valence-electron chi connectivity index (χ3n) is 12.3. The van der Waals surface area contributed by atoms with Crippen molar-refractivity contribution in [3.63, 3.8) is 0 Å². The fraction of sp³-hybridized carbons (Fsp3) is 0.0169. The molecule has 0 bridgehead atoms. The lowest BCUT2D eigenvalue weighted by Crippen LogP contribution is -2.28. The number of hydrogen-bond acceptors (Lipinski definition) is 1. The van der Waals surface area contributed by atoms with Gasteiger partial charge < -0.3 is 4.90 Å². The summed E-state index contributed by atoms with van der Waals surface area (Å²) in [5, 5.41) is 2.49. The van der Waals surface area contributed by atoms with E-state index in [0.29, 0.717) is 0 Å². The van der Waals surface area contributed by atoms with Crippen LogP contribution in [0.5, 0.6) is 0 Å². The first-order valence-electron chi connectivity index (χ1n) is 20.8. The van der Waals surface area contributed by atoms with Crippen molar-refractivity contribution in [3.8, 4) is 44.5 Å². The van der Waals surface area contributed by atoms with Crippen LogP contribution in [0, 0.1) is 0 Å². The van der Waals surface area contributed by atoms with E-state index in [2.05, 4.69) is 254 Å². The highest BCUT2D eigenvalue weighted by atomic mass is 15.1. The van der Waals surface area contributed by atoms with E-state index in [-0.39, 0.29) is 0 Å². The molecule has 0 atom stereocenters. The molecule has 0 saturated carbocycles. The van der Waals surface area contributed by atoms with Gasteiger partial charge in [-0.1, -0.05) is 218 Å². The minimum Gasteiger partial charge on any atom is -0.309 e. The van der Waals surface area contributed by atoms with Gasteiger partial charge in [0.2, 0.25) is 0 Å². The van der Waals surface area contributed by atoms with Gasteiger partial charge in [-0.05, 0) is 96.7 Å². The van der Waals surface area contributed by atoms with Gasteiger partial charge in [-0.25, -0.2) is 0 Å². The van der Waals surface area contributed by atoms with Crippen LogP contribution < -0.4 is 4.90 Å². The summed E-state index contributed by atoms with van der Waals surface area (Å²) in [7, 11) is 0. The number of nitrogens with zero attached hydrogens (tertiary/aromatic N) is 1. The Hall–Kier alpha value is -7.74. The number of fused-ring (bicyclic) bond motifs is 4. The summed E-state index contributed by atoms with van der Waals surface area (Å²) >= 11 is 0. The van der Waals surface area contributed by atoms with Gasteiger partial charge >= 0.3 is 0 Å². The van der Waals surface area contributed by atoms with Gasteiger partial charge in [0, 0.05) is 22.5 Å². The normalized spacial score (nSPS) is 12.5. The van der Waals surface area contributed by atoms with Crippen LogP contribution in [0.1, 0.15) is 22.3 Å². The molecule has 1 nitrogen and oxygen atoms in total. The highest BCUT2D eigenvalue weighted by molar-refractivity contribution is 6.04. The molecule has 10 aromatic rings. The van der Waals surface area contributed by atoms with Crippen molar-refractivity contribution in [3.05, 3.63) is 271 Å². The van der Waals surface area contributed by atoms with Gasteiger partial charge in [0.05, 0.1) is 11.1 Å². The van der Waals surface area contributed by atoms with Crippen LogP contribution in [0.2, 0.25) is 0 Å². The minimum absolute atomic E-state index is 0.501. The molecule has 0 amide bonds. The van der Waals surface area contributed by atoms with Crippen LogP contribution in [-0.2, 0) is 5.41 Å². The van der Waals surface area contributed by atoms with Gasteiger partial charge in [-0.2, -0.15) is 0 Å². The summed E-state index contributed by atoms with van der Waals surface area (Å²) in [6.45, 7) is 0. The fourth-order valence-electron chi connectivity index (χ4n) is 9.73. The molecule has 1 aliphatic carbocycles. The van der Waals surface area contributed by atoms with E-state index >= 15 is 0 Å². The molecule has 0 aromatic heterocycles. The molecule has 10 aromatic carbocycles. The Morgan fingerprint density at radius 1 is 0.283 bits per heavy atom. The SMILES string of the molecule is c1ccc(-c2cccc(-c3cccc4c3-c3ccccc3C4(c3ccccc3)c3ccccc3)c2N(c2ccccc2)c2ccc(-c3ccc4ccccc4c3)cc2)cc1. The number of benzene rings is 10. The maximum Gasteiger partial charge on any atom is 0.0713 e. The molecule has 0 unspecified atom stereocenters. The molecule has 0 aliphatic heterocycles. The topological polar surface area (TPSA) is 3.24 Å². The quantitative estimate of drug-likeness (QED) is 0.149. The highest BCUT2D eigenvalue weighted by Gasteiger charge is 2.47. The molecule has 0 N–H and O–H groups in total. The van der Waals surface area contributed by atoms with Crippen LogP contribution in [0.15, 0.2) is 249 Å². The van der Waals surface area contributed by atoms with Crippen molar-refractivity contribution >= 4 is 27.8 Å². The van der Waals surface area contributed by atoms with Crippen molar-refractivity contribution < 1.29 is 0 Å². The van der Waals surface area contributed by atoms with Crippen molar-refractivity contribution in [1.82, 2.24) is 0 Å². The Bertz CT molecular complexity index is 3080. The largest absolute Gasteiger partial charge is 0.309 e. The lowest BCUT2D eigenvalue weighted by atomic mass is 9.67. The first-order valence-corrected chi connectivity index (χ1v) is 20.8. The van der Waals surface area contributed by atoms with Gasteiger partial charge in [-0.15, -0.1) is 0 Å². The first kappa shape index (κ1) is 35.4. The molecule has 0 radical (unpaired) electrons. The van der Waals surface area contributed by atoms with E-state index in [4.69, 9.17) is 0 Å². The first-order chi connectivity index (χ1) is 29.8. The molecule has 11 rings (SSSR count). The van der Waals surface area contributed by atoms with E-state index < -0.39 is 5.41 Å². The number of anilines is 3. The summed E-state index contributed by atoms with van der Waals surface area (Å²) in [5.74, 6) is 0. The lowest BCUT2D eigenvalue weighted by molar-refractivity contribution is 0.768. The average Bonchev–Trinajstić information content (AvgIpc) is 3.64. The zero-order valence-electron chi connectivity index (χ0n) is 33.1. The lowest BCUT2D eigenvalue weighted by Gasteiger charge is -2.34. The smallest absolute Gasteiger partial charge is 0.0713 e. The Morgan fingerprint density at radius 2 is 0.783 bits per heavy atom. The molecule has 0 spiro atoms. The molecule has 60 heavy (non-hydrogen) atoms. The standard InChI is InChI=1S/C59H41N/c1-5-20-44(21-6-1)51-30-17-32-53(58(51)60(49-27-11-4-12-28-49)50-39-37-43(38-40-50)46-36-35-42-19-13-14-22-45(42)41-46)52-31-18-34-56-57(52)54-29-15-16-33-55(54)59(56,47-23-7-2-8-24-47)48-25-9-3-10-26-48/h1-41H. The Labute approximate surface area is 352 Å². The summed E-state index contributed by atoms with van der Waals surface area (Å²) in [4.78, 5) is 2.46. The maximum absolute atomic E-state index is 2.46. The Kier molecular flexibility index (Phi) is 8.79. The number of hydrogen-bond donors (Lipinski definition) is 0. The highest BCUT2D eigenvalue weighted by Crippen LogP contribution is 2.59. The Morgan fingerprint density at radius 3 is 1.50 bits per heavy atom. The van der Waals surface area contributed by atoms with E-state index in [0.717, 1.165) is 22.6 Å². The van der Waals surface area contributed by atoms with Crippen LogP contribution in [0.4, 0.5) is 17.1 Å². The summed E-state index contributed by atoms with van der Waals surface area (Å²) in [5.41, 5.74) is 17.6. The van der Waals surface area contributed by atoms with Gasteiger partial charge in [0.15, 0.2) is 0 Å². The minimum atomic E-state index is -0.501. The van der Waals surface area contributed by atoms with E-state index in [9.17, 15) is 0 Å². The molecular formula is C59H41N. The van der Waals surface area contributed by atoms with Gasteiger partial charge in [0.1, 0.15) is 0 Å². The van der Waals surface area contributed by atoms with Crippen LogP contribution in [-0.4, -0.2) is 0 Å². The second-order valence-electron chi connectivity index (χ2n) is 15.6. The number of para-hydroxylation sites is 2. The third-order valence-corrected chi connectivity index (χ3v) is 12.3. The van der Waals surface area contributed by atoms with Crippen LogP contribution >= 0.6 is 0 Å². The van der Waals surface area contributed by atoms with Gasteiger partial charge in [-0.3, -0.25) is 0 Å². The van der Waals surface area contributed by atoms with E-state index in [1.54, 1.807) is 0 Å². The molecule has 1 heteroatoms. The average molecular weight is 764 g/mol. The van der Waals surface area contributed by atoms with Crippen molar-refractivity contribution in [2.75, 3.05) is 4.90 Å². The van der Waals surface area contributed by atoms with E-state index in [1.807, 2.05) is 0 Å². The molecule has 1 aliphatic rings. The molecule has 282 valence electrons. The van der Waals surface area contributed by atoms with Crippen molar-refractivity contribution in [2.24, 2.45) is 0 Å². The monoisotopic (exact) mass is 763 g/mol. The summed E-state index contributed by atoms with van der Waals surface area (Å²) < 4.78 is 0. The maximum atomic E-state index is 2.46. The van der Waals surface area contributed by atoms with E-state index in [1.165, 1.54) is 72.0 Å². The molecular weight excluding hydrogens is 723 g/mol. The van der Waals surface area contributed by atoms with Crippen molar-refractivity contribution in [2.45, 2.75) is 5.41 Å². The predicted octanol–water partition coefficient (Wildman–Crippen LogP) is 15.7. The third kappa shape index (κ3) is 5.78. The van der Waals surface area contributed by atoms with Gasteiger partial charge in [0.25, 0.3) is 0 Å². The van der Waals surface area contributed by atoms with Crippen LogP contribution in [0.25, 0.3) is 55.3 Å². The van der Waals surface area contributed by atoms with Crippen molar-refractivity contribution in [1.29, 1.82) is 0 Å². The zero-order chi connectivity index (χ0) is 39.9. The Balaban J connectivity index is 1.18. The second kappa shape index (κ2) is 14.9. The molecule has 0 heterocycles. The predicted molar refractivity (Wildman–Crippen MR) is 252 cm³/mol.